The van der Waals surface area contributed by atoms with Crippen molar-refractivity contribution in [2.45, 2.75) is 0 Å². The Bertz CT molecular complexity index is 2050. The Morgan fingerprint density at radius 1 is 0.400 bits per heavy atom. The third-order valence-corrected chi connectivity index (χ3v) is 7.39. The highest BCUT2D eigenvalue weighted by molar-refractivity contribution is 6.09. The maximum atomic E-state index is 5.08. The summed E-state index contributed by atoms with van der Waals surface area (Å²) in [5.74, 6) is 2.82. The predicted molar refractivity (Wildman–Crippen MR) is 162 cm³/mol. The second kappa shape index (κ2) is 9.03. The lowest BCUT2D eigenvalue weighted by atomic mass is 10.2. The molecule has 3 heterocycles. The van der Waals surface area contributed by atoms with E-state index < -0.39 is 0 Å². The second-order valence-electron chi connectivity index (χ2n) is 9.78. The average molecular weight is 514 g/mol. The van der Waals surface area contributed by atoms with E-state index in [0.29, 0.717) is 17.6 Å². The van der Waals surface area contributed by atoms with E-state index in [-0.39, 0.29) is 0 Å². The summed E-state index contributed by atoms with van der Waals surface area (Å²) in [7, 11) is 0. The maximum Gasteiger partial charge on any atom is 0.239 e. The van der Waals surface area contributed by atoms with E-state index in [4.69, 9.17) is 15.0 Å². The molecule has 40 heavy (non-hydrogen) atoms. The van der Waals surface area contributed by atoms with E-state index in [1.54, 1.807) is 0 Å². The number of rotatable bonds is 4. The summed E-state index contributed by atoms with van der Waals surface area (Å²) in [5, 5.41) is 3.53. The summed E-state index contributed by atoms with van der Waals surface area (Å²) in [4.78, 5) is 15.1. The molecule has 5 heteroatoms. The first-order valence-electron chi connectivity index (χ1n) is 13.3. The molecule has 0 N–H and O–H groups in total. The van der Waals surface area contributed by atoms with E-state index in [2.05, 4.69) is 88.0 Å². The minimum atomic E-state index is 0.575. The van der Waals surface area contributed by atoms with Crippen molar-refractivity contribution in [2.75, 3.05) is 0 Å². The lowest BCUT2D eigenvalue weighted by molar-refractivity contribution is 0.897. The fourth-order valence-electron chi connectivity index (χ4n) is 5.58. The number of fused-ring (bicyclic) bond motifs is 4. The van der Waals surface area contributed by atoms with Crippen molar-refractivity contribution in [1.29, 1.82) is 0 Å². The van der Waals surface area contributed by atoms with E-state index in [1.807, 2.05) is 60.7 Å². The Morgan fingerprint density at radius 2 is 0.875 bits per heavy atom. The number of benzene rings is 5. The third kappa shape index (κ3) is 3.52. The standard InChI is InChI=1S/C35H23N5/c1-3-13-24(14-4-1)33-36-34(25-15-5-2-6-16-25)38-35(37-33)40-29-20-10-7-17-26(29)23-32(40)39-30-21-11-8-18-27(30)28-19-9-12-22-31(28)39/h1-23H. The Balaban J connectivity index is 1.49. The smallest absolute Gasteiger partial charge is 0.239 e. The van der Waals surface area contributed by atoms with Crippen molar-refractivity contribution >= 4 is 32.7 Å². The van der Waals surface area contributed by atoms with Crippen LogP contribution in [0.15, 0.2) is 140 Å². The molecule has 0 saturated heterocycles. The number of para-hydroxylation sites is 3. The second-order valence-corrected chi connectivity index (χ2v) is 9.78. The van der Waals surface area contributed by atoms with Crippen LogP contribution in [0.1, 0.15) is 0 Å². The molecule has 5 aromatic carbocycles. The van der Waals surface area contributed by atoms with Crippen LogP contribution in [-0.2, 0) is 0 Å². The van der Waals surface area contributed by atoms with Crippen LogP contribution < -0.4 is 0 Å². The molecule has 0 unspecified atom stereocenters. The Kier molecular flexibility index (Phi) is 5.07. The molecule has 0 bridgehead atoms. The largest absolute Gasteiger partial charge is 0.295 e. The van der Waals surface area contributed by atoms with Gasteiger partial charge in [-0.25, -0.2) is 4.98 Å². The summed E-state index contributed by atoms with van der Waals surface area (Å²) >= 11 is 0. The van der Waals surface area contributed by atoms with E-state index >= 15 is 0 Å². The Morgan fingerprint density at radius 3 is 1.45 bits per heavy atom. The van der Waals surface area contributed by atoms with Gasteiger partial charge >= 0.3 is 0 Å². The van der Waals surface area contributed by atoms with Crippen LogP contribution in [-0.4, -0.2) is 24.1 Å². The fourth-order valence-corrected chi connectivity index (χ4v) is 5.58. The van der Waals surface area contributed by atoms with Gasteiger partial charge in [0.2, 0.25) is 5.95 Å². The monoisotopic (exact) mass is 513 g/mol. The van der Waals surface area contributed by atoms with Gasteiger partial charge in [-0.05, 0) is 24.3 Å². The van der Waals surface area contributed by atoms with Crippen molar-refractivity contribution in [3.8, 4) is 34.5 Å². The van der Waals surface area contributed by atoms with Crippen LogP contribution in [0.5, 0.6) is 0 Å². The summed E-state index contributed by atoms with van der Waals surface area (Å²) < 4.78 is 4.48. The van der Waals surface area contributed by atoms with Crippen molar-refractivity contribution in [1.82, 2.24) is 24.1 Å². The summed E-state index contributed by atoms with van der Waals surface area (Å²) in [6, 6.07) is 47.9. The van der Waals surface area contributed by atoms with Crippen molar-refractivity contribution in [3.05, 3.63) is 140 Å². The lowest BCUT2D eigenvalue weighted by Gasteiger charge is -2.14. The number of aromatic nitrogens is 5. The molecule has 0 aliphatic heterocycles. The normalized spacial score (nSPS) is 11.5. The molecular formula is C35H23N5. The van der Waals surface area contributed by atoms with Gasteiger partial charge in [-0.3, -0.25) is 9.13 Å². The first kappa shape index (κ1) is 22.4. The van der Waals surface area contributed by atoms with Crippen LogP contribution in [0.25, 0.3) is 67.3 Å². The molecule has 0 aliphatic rings. The van der Waals surface area contributed by atoms with Crippen LogP contribution >= 0.6 is 0 Å². The molecule has 0 aliphatic carbocycles. The van der Waals surface area contributed by atoms with Gasteiger partial charge in [0.25, 0.3) is 0 Å². The van der Waals surface area contributed by atoms with Crippen LogP contribution in [0.3, 0.4) is 0 Å². The molecule has 0 amide bonds. The van der Waals surface area contributed by atoms with Crippen molar-refractivity contribution < 1.29 is 0 Å². The Hall–Kier alpha value is -5.55. The van der Waals surface area contributed by atoms with Gasteiger partial charge in [0.15, 0.2) is 11.6 Å². The quantitative estimate of drug-likeness (QED) is 0.238. The van der Waals surface area contributed by atoms with E-state index in [1.165, 1.54) is 10.8 Å². The first-order valence-corrected chi connectivity index (χ1v) is 13.3. The maximum absolute atomic E-state index is 5.08. The summed E-state index contributed by atoms with van der Waals surface area (Å²) in [5.41, 5.74) is 5.18. The fraction of sp³-hybridized carbons (Fsp3) is 0. The SMILES string of the molecule is c1ccc(-c2nc(-c3ccccc3)nc(-n3c(-n4c5ccccc5c5ccccc54)cc4ccccc43)n2)cc1. The first-order chi connectivity index (χ1) is 19.8. The molecule has 0 atom stereocenters. The zero-order valence-electron chi connectivity index (χ0n) is 21.5. The minimum absolute atomic E-state index is 0.575. The van der Waals surface area contributed by atoms with Crippen LogP contribution in [0, 0.1) is 0 Å². The topological polar surface area (TPSA) is 48.5 Å². The summed E-state index contributed by atoms with van der Waals surface area (Å²) in [6.45, 7) is 0. The van der Waals surface area contributed by atoms with Gasteiger partial charge in [0.05, 0.1) is 16.6 Å². The highest BCUT2D eigenvalue weighted by Gasteiger charge is 2.21. The van der Waals surface area contributed by atoms with Gasteiger partial charge in [0.1, 0.15) is 5.82 Å². The van der Waals surface area contributed by atoms with Gasteiger partial charge in [0, 0.05) is 27.3 Å². The average Bonchev–Trinajstić information content (AvgIpc) is 3.57. The van der Waals surface area contributed by atoms with Gasteiger partial charge in [-0.15, -0.1) is 0 Å². The Labute approximate surface area is 230 Å². The molecule has 188 valence electrons. The lowest BCUT2D eigenvalue weighted by Crippen LogP contribution is -2.10. The molecule has 0 spiro atoms. The van der Waals surface area contributed by atoms with E-state index in [0.717, 1.165) is 38.9 Å². The highest BCUT2D eigenvalue weighted by Crippen LogP contribution is 2.35. The molecule has 8 aromatic rings. The van der Waals surface area contributed by atoms with Gasteiger partial charge in [-0.2, -0.15) is 9.97 Å². The van der Waals surface area contributed by atoms with Crippen molar-refractivity contribution in [3.63, 3.8) is 0 Å². The minimum Gasteiger partial charge on any atom is -0.295 e. The molecule has 0 radical (unpaired) electrons. The molecule has 0 fully saturated rings. The highest BCUT2D eigenvalue weighted by atomic mass is 15.3. The predicted octanol–water partition coefficient (Wildman–Crippen LogP) is 8.25. The third-order valence-electron chi connectivity index (χ3n) is 7.39. The van der Waals surface area contributed by atoms with E-state index in [9.17, 15) is 0 Å². The van der Waals surface area contributed by atoms with Crippen LogP contribution in [0.2, 0.25) is 0 Å². The van der Waals surface area contributed by atoms with Gasteiger partial charge in [-0.1, -0.05) is 115 Å². The molecule has 0 saturated carbocycles. The zero-order chi connectivity index (χ0) is 26.5. The van der Waals surface area contributed by atoms with Crippen LogP contribution in [0.4, 0.5) is 0 Å². The van der Waals surface area contributed by atoms with Crippen molar-refractivity contribution in [2.24, 2.45) is 0 Å². The zero-order valence-corrected chi connectivity index (χ0v) is 21.5. The number of hydrogen-bond acceptors (Lipinski definition) is 3. The number of hydrogen-bond donors (Lipinski definition) is 0. The molecular weight excluding hydrogens is 490 g/mol. The number of nitrogens with zero attached hydrogens (tertiary/aromatic N) is 5. The molecule has 5 nitrogen and oxygen atoms in total. The molecule has 3 aromatic heterocycles. The van der Waals surface area contributed by atoms with Gasteiger partial charge < -0.3 is 0 Å². The summed E-state index contributed by atoms with van der Waals surface area (Å²) in [6.07, 6.45) is 0. The molecule has 8 rings (SSSR count).